The number of H-pyrrole nitrogens is 2. The second kappa shape index (κ2) is 6.15. The highest BCUT2D eigenvalue weighted by atomic mass is 79.9. The van der Waals surface area contributed by atoms with Crippen LogP contribution in [0.3, 0.4) is 0 Å². The summed E-state index contributed by atoms with van der Waals surface area (Å²) in [7, 11) is -2.52. The fourth-order valence-electron chi connectivity index (χ4n) is 2.20. The molecule has 0 saturated carbocycles. The van der Waals surface area contributed by atoms with Crippen LogP contribution >= 0.6 is 27.5 Å². The van der Waals surface area contributed by atoms with Gasteiger partial charge in [0.25, 0.3) is 10.0 Å². The lowest BCUT2D eigenvalue weighted by Crippen LogP contribution is -2.14. The Bertz CT molecular complexity index is 1090. The van der Waals surface area contributed by atoms with Crippen molar-refractivity contribution in [2.24, 2.45) is 0 Å². The number of methoxy groups -OCH3 is 1. The quantitative estimate of drug-likeness (QED) is 0.589. The van der Waals surface area contributed by atoms with Gasteiger partial charge in [0.2, 0.25) is 0 Å². The van der Waals surface area contributed by atoms with Gasteiger partial charge in [0.1, 0.15) is 10.6 Å². The van der Waals surface area contributed by atoms with E-state index in [1.165, 1.54) is 25.3 Å². The van der Waals surface area contributed by atoms with Crippen molar-refractivity contribution in [2.45, 2.75) is 4.90 Å². The van der Waals surface area contributed by atoms with Crippen molar-refractivity contribution in [1.82, 2.24) is 9.97 Å². The number of anilines is 1. The summed E-state index contributed by atoms with van der Waals surface area (Å²) < 4.78 is 33.3. The van der Waals surface area contributed by atoms with Crippen LogP contribution in [0.5, 0.6) is 5.75 Å². The van der Waals surface area contributed by atoms with Gasteiger partial charge in [0.15, 0.2) is 0 Å². The summed E-state index contributed by atoms with van der Waals surface area (Å²) in [6.45, 7) is 0. The maximum atomic E-state index is 12.7. The second-order valence-electron chi connectivity index (χ2n) is 4.86. The zero-order valence-electron chi connectivity index (χ0n) is 12.2. The van der Waals surface area contributed by atoms with Gasteiger partial charge in [-0.15, -0.1) is 0 Å². The van der Waals surface area contributed by atoms with Crippen molar-refractivity contribution in [3.8, 4) is 5.75 Å². The second-order valence-corrected chi connectivity index (χ2v) is 7.80. The number of benzene rings is 2. The molecular formula is C14H11BrClN3O4S. The number of nitrogens with one attached hydrogen (secondary N) is 3. The van der Waals surface area contributed by atoms with Crippen molar-refractivity contribution in [2.75, 3.05) is 11.8 Å². The molecule has 10 heteroatoms. The number of hydrogen-bond acceptors (Lipinski definition) is 4. The third-order valence-corrected chi connectivity index (χ3v) is 5.82. The van der Waals surface area contributed by atoms with Crippen LogP contribution in [0.2, 0.25) is 5.02 Å². The predicted molar refractivity (Wildman–Crippen MR) is 95.4 cm³/mol. The van der Waals surface area contributed by atoms with E-state index in [9.17, 15) is 13.2 Å². The molecule has 1 aromatic heterocycles. The van der Waals surface area contributed by atoms with Gasteiger partial charge in [0, 0.05) is 9.50 Å². The summed E-state index contributed by atoms with van der Waals surface area (Å²) in [6, 6.07) is 7.46. The fourth-order valence-corrected chi connectivity index (χ4v) is 4.50. The average Bonchev–Trinajstić information content (AvgIpc) is 2.85. The number of ether oxygens (including phenoxy) is 1. The smallest absolute Gasteiger partial charge is 0.323 e. The van der Waals surface area contributed by atoms with Crippen molar-refractivity contribution in [1.29, 1.82) is 0 Å². The minimum atomic E-state index is -3.95. The van der Waals surface area contributed by atoms with Gasteiger partial charge in [0.05, 0.1) is 23.8 Å². The van der Waals surface area contributed by atoms with E-state index < -0.39 is 15.7 Å². The molecule has 0 radical (unpaired) electrons. The Balaban J connectivity index is 2.10. The van der Waals surface area contributed by atoms with E-state index >= 15 is 0 Å². The van der Waals surface area contributed by atoms with Crippen LogP contribution in [0.4, 0.5) is 5.69 Å². The number of aromatic nitrogens is 2. The number of hydrogen-bond donors (Lipinski definition) is 3. The molecule has 3 aromatic rings. The Morgan fingerprint density at radius 1 is 1.17 bits per heavy atom. The van der Waals surface area contributed by atoms with E-state index in [4.69, 9.17) is 16.3 Å². The van der Waals surface area contributed by atoms with Crippen LogP contribution in [0.15, 0.2) is 44.5 Å². The molecule has 0 saturated heterocycles. The van der Waals surface area contributed by atoms with Gasteiger partial charge in [-0.2, -0.15) is 0 Å². The van der Waals surface area contributed by atoms with Crippen molar-refractivity contribution in [3.63, 3.8) is 0 Å². The van der Waals surface area contributed by atoms with Gasteiger partial charge < -0.3 is 14.7 Å². The normalized spacial score (nSPS) is 11.6. The van der Waals surface area contributed by atoms with Crippen LogP contribution in [0, 0.1) is 0 Å². The maximum Gasteiger partial charge on any atom is 0.323 e. The first-order valence-electron chi connectivity index (χ1n) is 6.58. The fraction of sp³-hybridized carbons (Fsp3) is 0.0714. The van der Waals surface area contributed by atoms with Crippen LogP contribution in [0.1, 0.15) is 0 Å². The Hall–Kier alpha value is -1.97. The molecule has 0 spiro atoms. The largest absolute Gasteiger partial charge is 0.495 e. The molecule has 3 N–H and O–H groups in total. The van der Waals surface area contributed by atoms with Gasteiger partial charge in [-0.05, 0) is 46.3 Å². The molecule has 0 atom stereocenters. The standard InChI is InChI=1S/C14H11BrClN3O4S/c1-23-12-3-2-7(16)4-11(12)19-24(21,22)13-6-10-9(5-8(13)15)17-14(20)18-10/h2-6,19H,1H3,(H2,17,18,20). The highest BCUT2D eigenvalue weighted by molar-refractivity contribution is 9.10. The number of aromatic amines is 2. The lowest BCUT2D eigenvalue weighted by Gasteiger charge is -2.13. The summed E-state index contributed by atoms with van der Waals surface area (Å²) in [5.41, 5.74) is 0.656. The van der Waals surface area contributed by atoms with Gasteiger partial charge >= 0.3 is 5.69 Å². The molecular weight excluding hydrogens is 422 g/mol. The molecule has 2 aromatic carbocycles. The topological polar surface area (TPSA) is 104 Å². The van der Waals surface area contributed by atoms with Gasteiger partial charge in [-0.3, -0.25) is 4.72 Å². The SMILES string of the molecule is COc1ccc(Cl)cc1NS(=O)(=O)c1cc2[nH]c(=O)[nH]c2cc1Br. The number of sulfonamides is 1. The van der Waals surface area contributed by atoms with Crippen LogP contribution < -0.4 is 15.1 Å². The zero-order chi connectivity index (χ0) is 17.5. The summed E-state index contributed by atoms with van der Waals surface area (Å²) in [6.07, 6.45) is 0. The van der Waals surface area contributed by atoms with Crippen LogP contribution in [-0.2, 0) is 10.0 Å². The first kappa shape index (κ1) is 16.9. The minimum Gasteiger partial charge on any atom is -0.495 e. The molecule has 0 aliphatic heterocycles. The molecule has 1 heterocycles. The number of halogens is 2. The Labute approximate surface area is 150 Å². The maximum absolute atomic E-state index is 12.7. The van der Waals surface area contributed by atoms with E-state index in [1.54, 1.807) is 12.1 Å². The molecule has 0 aliphatic carbocycles. The molecule has 126 valence electrons. The van der Waals surface area contributed by atoms with E-state index in [1.807, 2.05) is 0 Å². The lowest BCUT2D eigenvalue weighted by molar-refractivity contribution is 0.417. The number of imidazole rings is 1. The minimum absolute atomic E-state index is 0.0349. The third kappa shape index (κ3) is 3.14. The molecule has 24 heavy (non-hydrogen) atoms. The Kier molecular flexibility index (Phi) is 4.33. The Morgan fingerprint density at radius 2 is 1.83 bits per heavy atom. The zero-order valence-corrected chi connectivity index (χ0v) is 15.3. The first-order chi connectivity index (χ1) is 11.3. The van der Waals surface area contributed by atoms with Crippen molar-refractivity contribution < 1.29 is 13.2 Å². The van der Waals surface area contributed by atoms with E-state index in [-0.39, 0.29) is 10.6 Å². The third-order valence-electron chi connectivity index (χ3n) is 3.26. The molecule has 0 bridgehead atoms. The van der Waals surface area contributed by atoms with E-state index in [0.29, 0.717) is 26.3 Å². The van der Waals surface area contributed by atoms with E-state index in [2.05, 4.69) is 30.6 Å². The average molecular weight is 433 g/mol. The van der Waals surface area contributed by atoms with Gasteiger partial charge in [-0.25, -0.2) is 13.2 Å². The summed E-state index contributed by atoms with van der Waals surface area (Å²) in [5, 5.41) is 0.359. The molecule has 0 fully saturated rings. The highest BCUT2D eigenvalue weighted by Gasteiger charge is 2.21. The Morgan fingerprint density at radius 3 is 2.50 bits per heavy atom. The van der Waals surface area contributed by atoms with Crippen LogP contribution in [-0.4, -0.2) is 25.5 Å². The summed E-state index contributed by atoms with van der Waals surface area (Å²) in [4.78, 5) is 16.4. The highest BCUT2D eigenvalue weighted by Crippen LogP contribution is 2.32. The molecule has 7 nitrogen and oxygen atoms in total. The van der Waals surface area contributed by atoms with Gasteiger partial charge in [-0.1, -0.05) is 11.6 Å². The molecule has 3 rings (SSSR count). The monoisotopic (exact) mass is 431 g/mol. The molecule has 0 unspecified atom stereocenters. The predicted octanol–water partition coefficient (Wildman–Crippen LogP) is 3.08. The van der Waals surface area contributed by atoms with Crippen molar-refractivity contribution >= 4 is 54.3 Å². The van der Waals surface area contributed by atoms with Crippen molar-refractivity contribution in [3.05, 3.63) is 50.3 Å². The molecule has 0 amide bonds. The van der Waals surface area contributed by atoms with E-state index in [0.717, 1.165) is 0 Å². The first-order valence-corrected chi connectivity index (χ1v) is 9.23. The number of fused-ring (bicyclic) bond motifs is 1. The lowest BCUT2D eigenvalue weighted by atomic mass is 10.3. The van der Waals surface area contributed by atoms with Crippen LogP contribution in [0.25, 0.3) is 11.0 Å². The number of rotatable bonds is 4. The molecule has 0 aliphatic rings. The summed E-state index contributed by atoms with van der Waals surface area (Å²) in [5.74, 6) is 0.329. The summed E-state index contributed by atoms with van der Waals surface area (Å²) >= 11 is 9.13.